The molecule has 0 radical (unpaired) electrons. The van der Waals surface area contributed by atoms with Crippen LogP contribution in [-0.4, -0.2) is 47.3 Å². The second kappa shape index (κ2) is 6.13. The lowest BCUT2D eigenvalue weighted by Gasteiger charge is -2.36. The molecule has 0 unspecified atom stereocenters. The highest BCUT2D eigenvalue weighted by atomic mass is 35.5. The molecule has 3 heterocycles. The molecule has 0 aliphatic carbocycles. The van der Waals surface area contributed by atoms with E-state index in [2.05, 4.69) is 10.6 Å². The Kier molecular flexibility index (Phi) is 4.33. The number of carbonyl (C=O) groups excluding carboxylic acids is 3. The van der Waals surface area contributed by atoms with Crippen LogP contribution in [0.3, 0.4) is 0 Å². The van der Waals surface area contributed by atoms with Gasteiger partial charge >= 0.3 is 0 Å². The van der Waals surface area contributed by atoms with E-state index in [0.717, 1.165) is 0 Å². The first-order valence-electron chi connectivity index (χ1n) is 7.53. The Balaban J connectivity index is 1.70. The molecule has 0 bridgehead atoms. The molecule has 1 aromatic heterocycles. The smallest absolute Gasteiger partial charge is 0.263 e. The van der Waals surface area contributed by atoms with Crippen molar-refractivity contribution in [3.8, 4) is 0 Å². The fourth-order valence-corrected chi connectivity index (χ4v) is 4.12. The van der Waals surface area contributed by atoms with E-state index in [1.54, 1.807) is 16.3 Å². The van der Waals surface area contributed by atoms with Crippen molar-refractivity contribution in [2.75, 3.05) is 6.54 Å². The number of thiophene rings is 1. The molecular weight excluding hydrogens is 338 g/mol. The summed E-state index contributed by atoms with van der Waals surface area (Å²) < 4.78 is 0. The summed E-state index contributed by atoms with van der Waals surface area (Å²) in [6, 6.07) is 0.441. The molecule has 6 nitrogen and oxygen atoms in total. The number of carbonyl (C=O) groups is 3. The lowest BCUT2D eigenvalue weighted by Crippen LogP contribution is -2.62. The summed E-state index contributed by atoms with van der Waals surface area (Å²) in [5.41, 5.74) is 0. The number of rotatable bonds is 3. The zero-order chi connectivity index (χ0) is 16.7. The van der Waals surface area contributed by atoms with Crippen molar-refractivity contribution < 1.29 is 14.4 Å². The third-order valence-corrected chi connectivity index (χ3v) is 5.62. The van der Waals surface area contributed by atoms with Gasteiger partial charge in [0.2, 0.25) is 11.8 Å². The molecule has 2 N–H and O–H groups in total. The largest absolute Gasteiger partial charge is 0.347 e. The molecule has 3 amide bonds. The van der Waals surface area contributed by atoms with E-state index in [1.165, 1.54) is 11.3 Å². The quantitative estimate of drug-likeness (QED) is 0.856. The summed E-state index contributed by atoms with van der Waals surface area (Å²) in [5.74, 6) is -0.446. The summed E-state index contributed by atoms with van der Waals surface area (Å²) in [7, 11) is 0. The van der Waals surface area contributed by atoms with Gasteiger partial charge in [-0.2, -0.15) is 0 Å². The SMILES string of the molecule is CC(C)[C@@H]1NC(=O)[C@@H]2C[C@H](NC(=O)c3sccc3Cl)CN2C1=O. The molecule has 2 aliphatic heterocycles. The normalized spacial score (nSPS) is 27.1. The highest BCUT2D eigenvalue weighted by Gasteiger charge is 2.47. The first-order chi connectivity index (χ1) is 10.9. The average molecular weight is 356 g/mol. The minimum absolute atomic E-state index is 0.0333. The lowest BCUT2D eigenvalue weighted by molar-refractivity contribution is -0.148. The Morgan fingerprint density at radius 3 is 2.83 bits per heavy atom. The van der Waals surface area contributed by atoms with Crippen LogP contribution in [0.15, 0.2) is 11.4 Å². The van der Waals surface area contributed by atoms with Crippen molar-refractivity contribution in [1.82, 2.24) is 15.5 Å². The Bertz CT molecular complexity index is 660. The van der Waals surface area contributed by atoms with Crippen LogP contribution in [0.1, 0.15) is 29.9 Å². The van der Waals surface area contributed by atoms with E-state index in [4.69, 9.17) is 11.6 Å². The zero-order valence-corrected chi connectivity index (χ0v) is 14.4. The Labute approximate surface area is 143 Å². The molecule has 2 aliphatic rings. The first kappa shape index (κ1) is 16.3. The summed E-state index contributed by atoms with van der Waals surface area (Å²) in [5, 5.41) is 7.83. The molecule has 3 atom stereocenters. The maximum Gasteiger partial charge on any atom is 0.263 e. The van der Waals surface area contributed by atoms with E-state index in [9.17, 15) is 14.4 Å². The van der Waals surface area contributed by atoms with E-state index in [-0.39, 0.29) is 29.7 Å². The van der Waals surface area contributed by atoms with Crippen LogP contribution in [0.5, 0.6) is 0 Å². The standard InChI is InChI=1S/C15H18ClN3O3S/c1-7(2)11-15(22)19-6-8(5-10(19)13(20)18-11)17-14(21)12-9(16)3-4-23-12/h3-4,7-8,10-11H,5-6H2,1-2H3,(H,17,21)(H,18,20)/t8-,10-,11-/m0/s1. The van der Waals surface area contributed by atoms with Gasteiger partial charge in [-0.1, -0.05) is 25.4 Å². The molecule has 23 heavy (non-hydrogen) atoms. The molecule has 8 heteroatoms. The Morgan fingerprint density at radius 1 is 1.48 bits per heavy atom. The minimum Gasteiger partial charge on any atom is -0.347 e. The van der Waals surface area contributed by atoms with Crippen molar-refractivity contribution in [2.45, 2.75) is 38.4 Å². The maximum atomic E-state index is 12.5. The fraction of sp³-hybridized carbons (Fsp3) is 0.533. The number of nitrogens with zero attached hydrogens (tertiary/aromatic N) is 1. The van der Waals surface area contributed by atoms with Gasteiger partial charge in [0.25, 0.3) is 5.91 Å². The number of hydrogen-bond donors (Lipinski definition) is 2. The van der Waals surface area contributed by atoms with Gasteiger partial charge in [0.1, 0.15) is 17.0 Å². The van der Waals surface area contributed by atoms with Gasteiger partial charge in [-0.15, -0.1) is 11.3 Å². The second-order valence-electron chi connectivity index (χ2n) is 6.24. The third-order valence-electron chi connectivity index (χ3n) is 4.28. The fourth-order valence-electron chi connectivity index (χ4n) is 3.08. The molecule has 0 aromatic carbocycles. The third kappa shape index (κ3) is 2.95. The molecule has 1 aromatic rings. The van der Waals surface area contributed by atoms with Gasteiger partial charge in [0, 0.05) is 12.6 Å². The number of piperazine rings is 1. The number of halogens is 1. The van der Waals surface area contributed by atoms with Crippen molar-refractivity contribution in [3.05, 3.63) is 21.3 Å². The number of amides is 3. The predicted molar refractivity (Wildman–Crippen MR) is 87.5 cm³/mol. The molecule has 2 saturated heterocycles. The van der Waals surface area contributed by atoms with Crippen molar-refractivity contribution in [3.63, 3.8) is 0 Å². The lowest BCUT2D eigenvalue weighted by atomic mass is 9.98. The van der Waals surface area contributed by atoms with Crippen LogP contribution < -0.4 is 10.6 Å². The van der Waals surface area contributed by atoms with E-state index < -0.39 is 12.1 Å². The van der Waals surface area contributed by atoms with Crippen molar-refractivity contribution in [2.24, 2.45) is 5.92 Å². The van der Waals surface area contributed by atoms with Gasteiger partial charge in [-0.05, 0) is 23.8 Å². The summed E-state index contributed by atoms with van der Waals surface area (Å²) in [6.07, 6.45) is 0.428. The monoisotopic (exact) mass is 355 g/mol. The van der Waals surface area contributed by atoms with E-state index in [0.29, 0.717) is 22.9 Å². The Morgan fingerprint density at radius 2 is 2.22 bits per heavy atom. The van der Waals surface area contributed by atoms with Gasteiger partial charge in [0.05, 0.1) is 5.02 Å². The molecule has 0 spiro atoms. The van der Waals surface area contributed by atoms with E-state index in [1.807, 2.05) is 13.8 Å². The van der Waals surface area contributed by atoms with Crippen LogP contribution in [0.4, 0.5) is 0 Å². The molecule has 124 valence electrons. The zero-order valence-electron chi connectivity index (χ0n) is 12.8. The summed E-state index contributed by atoms with van der Waals surface area (Å²) in [4.78, 5) is 39.0. The maximum absolute atomic E-state index is 12.5. The molecule has 2 fully saturated rings. The highest BCUT2D eigenvalue weighted by molar-refractivity contribution is 7.12. The topological polar surface area (TPSA) is 78.5 Å². The van der Waals surface area contributed by atoms with Gasteiger partial charge < -0.3 is 15.5 Å². The summed E-state index contributed by atoms with van der Waals surface area (Å²) in [6.45, 7) is 4.16. The number of nitrogens with one attached hydrogen (secondary N) is 2. The van der Waals surface area contributed by atoms with Gasteiger partial charge in [-0.3, -0.25) is 14.4 Å². The van der Waals surface area contributed by atoms with E-state index >= 15 is 0 Å². The molecular formula is C15H18ClN3O3S. The first-order valence-corrected chi connectivity index (χ1v) is 8.79. The van der Waals surface area contributed by atoms with Crippen molar-refractivity contribution >= 4 is 40.7 Å². The van der Waals surface area contributed by atoms with Crippen molar-refractivity contribution in [1.29, 1.82) is 0 Å². The number of fused-ring (bicyclic) bond motifs is 1. The Hall–Kier alpha value is -1.60. The van der Waals surface area contributed by atoms with Crippen LogP contribution >= 0.6 is 22.9 Å². The predicted octanol–water partition coefficient (Wildman–Crippen LogP) is 1.26. The molecule has 0 saturated carbocycles. The van der Waals surface area contributed by atoms with Crippen LogP contribution in [0.25, 0.3) is 0 Å². The average Bonchev–Trinajstić information content (AvgIpc) is 3.09. The molecule has 3 rings (SSSR count). The minimum atomic E-state index is -0.499. The van der Waals surface area contributed by atoms with Crippen LogP contribution in [-0.2, 0) is 9.59 Å². The number of hydrogen-bond acceptors (Lipinski definition) is 4. The highest BCUT2D eigenvalue weighted by Crippen LogP contribution is 2.26. The van der Waals surface area contributed by atoms with Gasteiger partial charge in [-0.25, -0.2) is 0 Å². The van der Waals surface area contributed by atoms with Crippen LogP contribution in [0, 0.1) is 5.92 Å². The summed E-state index contributed by atoms with van der Waals surface area (Å²) >= 11 is 7.23. The van der Waals surface area contributed by atoms with Crippen LogP contribution in [0.2, 0.25) is 5.02 Å². The second-order valence-corrected chi connectivity index (χ2v) is 7.56. The van der Waals surface area contributed by atoms with Gasteiger partial charge in [0.15, 0.2) is 0 Å².